The molecule has 0 saturated heterocycles. The fourth-order valence-electron chi connectivity index (χ4n) is 0.916. The third-order valence-electron chi connectivity index (χ3n) is 1.61. The van der Waals surface area contributed by atoms with Gasteiger partial charge in [-0.3, -0.25) is 0 Å². The van der Waals surface area contributed by atoms with Crippen LogP contribution in [0.5, 0.6) is 5.75 Å². The summed E-state index contributed by atoms with van der Waals surface area (Å²) < 4.78 is 0. The van der Waals surface area contributed by atoms with Crippen LogP contribution in [0.3, 0.4) is 0 Å². The number of nitrogens with zero attached hydrogens (tertiary/aromatic N) is 1. The number of phenolic OH excluding ortho intramolecular Hbond substituents is 1. The van der Waals surface area contributed by atoms with Gasteiger partial charge >= 0.3 is 0 Å². The van der Waals surface area contributed by atoms with Gasteiger partial charge in [-0.25, -0.2) is 9.79 Å². The lowest BCUT2D eigenvalue weighted by Gasteiger charge is -2.00. The molecule has 0 aliphatic rings. The van der Waals surface area contributed by atoms with Gasteiger partial charge in [-0.2, -0.15) is 0 Å². The maximum absolute atomic E-state index is 9.82. The van der Waals surface area contributed by atoms with Crippen LogP contribution < -0.4 is 0 Å². The summed E-state index contributed by atoms with van der Waals surface area (Å²) in [5, 5.41) is 9.00. The normalized spacial score (nSPS) is 8.92. The number of isocyanates is 1. The van der Waals surface area contributed by atoms with Crippen molar-refractivity contribution < 1.29 is 9.90 Å². The Kier molecular flexibility index (Phi) is 3.01. The Morgan fingerprint density at radius 3 is 2.62 bits per heavy atom. The van der Waals surface area contributed by atoms with Crippen LogP contribution >= 0.6 is 0 Å². The molecule has 0 amide bonds. The third kappa shape index (κ3) is 2.58. The van der Waals surface area contributed by atoms with E-state index in [0.717, 1.165) is 11.1 Å². The predicted molar refractivity (Wildman–Crippen MR) is 50.1 cm³/mol. The molecular weight excluding hydrogens is 166 g/mol. The van der Waals surface area contributed by atoms with Gasteiger partial charge in [0.15, 0.2) is 0 Å². The highest BCUT2D eigenvalue weighted by atomic mass is 16.3. The lowest BCUT2D eigenvalue weighted by molar-refractivity contribution is 0.475. The molecule has 66 valence electrons. The molecule has 0 aromatic heterocycles. The summed E-state index contributed by atoms with van der Waals surface area (Å²) >= 11 is 0. The van der Waals surface area contributed by atoms with Crippen molar-refractivity contribution in [3.63, 3.8) is 0 Å². The second-order valence-electron chi connectivity index (χ2n) is 2.56. The number of hydrogen-bond donors (Lipinski definition) is 1. The van der Waals surface area contributed by atoms with E-state index in [1.165, 1.54) is 6.08 Å². The molecule has 3 heteroatoms. The molecule has 0 aliphatic carbocycles. The standard InChI is InChI=1S/C10H9NO2/c1-8(6-11-7-12)9-2-4-10(13)5-3-9/h2-5,13H,1,6H2. The number of rotatable bonds is 3. The summed E-state index contributed by atoms with van der Waals surface area (Å²) in [6, 6.07) is 6.56. The molecule has 0 heterocycles. The van der Waals surface area contributed by atoms with Gasteiger partial charge in [-0.05, 0) is 23.3 Å². The monoisotopic (exact) mass is 175 g/mol. The highest BCUT2D eigenvalue weighted by molar-refractivity contribution is 5.65. The zero-order valence-electron chi connectivity index (χ0n) is 7.03. The molecule has 1 aromatic carbocycles. The molecule has 0 fully saturated rings. The second kappa shape index (κ2) is 4.24. The van der Waals surface area contributed by atoms with Gasteiger partial charge in [0.25, 0.3) is 0 Å². The maximum Gasteiger partial charge on any atom is 0.235 e. The molecule has 3 nitrogen and oxygen atoms in total. The van der Waals surface area contributed by atoms with E-state index in [1.807, 2.05) is 0 Å². The zero-order chi connectivity index (χ0) is 9.68. The average Bonchev–Trinajstić information content (AvgIpc) is 2.15. The largest absolute Gasteiger partial charge is 0.508 e. The van der Waals surface area contributed by atoms with Crippen molar-refractivity contribution in [3.05, 3.63) is 36.4 Å². The van der Waals surface area contributed by atoms with E-state index in [-0.39, 0.29) is 12.3 Å². The average molecular weight is 175 g/mol. The number of benzene rings is 1. The zero-order valence-corrected chi connectivity index (χ0v) is 7.03. The lowest BCUT2D eigenvalue weighted by Crippen LogP contribution is -1.85. The van der Waals surface area contributed by atoms with E-state index in [4.69, 9.17) is 5.11 Å². The number of hydrogen-bond acceptors (Lipinski definition) is 3. The molecule has 1 aromatic rings. The van der Waals surface area contributed by atoms with Crippen LogP contribution in [0, 0.1) is 0 Å². The fraction of sp³-hybridized carbons (Fsp3) is 0.100. The molecule has 0 saturated carbocycles. The lowest BCUT2D eigenvalue weighted by atomic mass is 10.1. The van der Waals surface area contributed by atoms with E-state index < -0.39 is 0 Å². The van der Waals surface area contributed by atoms with E-state index in [9.17, 15) is 4.79 Å². The smallest absolute Gasteiger partial charge is 0.235 e. The molecule has 0 atom stereocenters. The third-order valence-corrected chi connectivity index (χ3v) is 1.61. The summed E-state index contributed by atoms with van der Waals surface area (Å²) in [6.07, 6.45) is 1.44. The van der Waals surface area contributed by atoms with E-state index in [2.05, 4.69) is 11.6 Å². The second-order valence-corrected chi connectivity index (χ2v) is 2.56. The Morgan fingerprint density at radius 1 is 1.46 bits per heavy atom. The SMILES string of the molecule is C=C(CN=C=O)c1ccc(O)cc1. The number of aliphatic imine (C=N–C) groups is 1. The molecule has 13 heavy (non-hydrogen) atoms. The van der Waals surface area contributed by atoms with Crippen molar-refractivity contribution in [1.29, 1.82) is 0 Å². The van der Waals surface area contributed by atoms with Crippen molar-refractivity contribution in [2.45, 2.75) is 0 Å². The number of aromatic hydroxyl groups is 1. The Hall–Kier alpha value is -1.86. The Balaban J connectivity index is 2.77. The van der Waals surface area contributed by atoms with Crippen LogP contribution in [-0.4, -0.2) is 17.7 Å². The minimum absolute atomic E-state index is 0.204. The number of carbonyl (C=O) groups excluding carboxylic acids is 1. The van der Waals surface area contributed by atoms with Gasteiger partial charge in [0, 0.05) is 0 Å². The summed E-state index contributed by atoms with van der Waals surface area (Å²) in [5.41, 5.74) is 1.58. The summed E-state index contributed by atoms with van der Waals surface area (Å²) in [4.78, 5) is 13.2. The van der Waals surface area contributed by atoms with Crippen molar-refractivity contribution in [2.75, 3.05) is 6.54 Å². The van der Waals surface area contributed by atoms with Crippen LogP contribution in [0.25, 0.3) is 5.57 Å². The van der Waals surface area contributed by atoms with Crippen molar-refractivity contribution in [1.82, 2.24) is 0 Å². The van der Waals surface area contributed by atoms with Gasteiger partial charge in [-0.15, -0.1) is 0 Å². The predicted octanol–water partition coefficient (Wildman–Crippen LogP) is 1.74. The summed E-state index contributed by atoms with van der Waals surface area (Å²) in [7, 11) is 0. The molecule has 1 N–H and O–H groups in total. The first-order valence-corrected chi connectivity index (χ1v) is 3.75. The van der Waals surface area contributed by atoms with Crippen LogP contribution in [0.4, 0.5) is 0 Å². The molecule has 0 bridgehead atoms. The summed E-state index contributed by atoms with van der Waals surface area (Å²) in [6.45, 7) is 3.98. The molecule has 0 unspecified atom stereocenters. The van der Waals surface area contributed by atoms with Gasteiger partial charge in [0.2, 0.25) is 6.08 Å². The molecular formula is C10H9NO2. The molecule has 0 aliphatic heterocycles. The Bertz CT molecular complexity index is 348. The minimum atomic E-state index is 0.204. The topological polar surface area (TPSA) is 49.7 Å². The van der Waals surface area contributed by atoms with Gasteiger partial charge in [-0.1, -0.05) is 18.7 Å². The van der Waals surface area contributed by atoms with Gasteiger partial charge < -0.3 is 5.11 Å². The van der Waals surface area contributed by atoms with Gasteiger partial charge in [0.05, 0.1) is 6.54 Å². The molecule has 0 spiro atoms. The highest BCUT2D eigenvalue weighted by Gasteiger charge is 1.97. The first kappa shape index (κ1) is 9.23. The first-order valence-electron chi connectivity index (χ1n) is 3.75. The minimum Gasteiger partial charge on any atom is -0.508 e. The van der Waals surface area contributed by atoms with Crippen molar-refractivity contribution in [3.8, 4) is 5.75 Å². The van der Waals surface area contributed by atoms with Crippen molar-refractivity contribution >= 4 is 11.7 Å². The first-order chi connectivity index (χ1) is 6.24. The molecule has 0 radical (unpaired) electrons. The van der Waals surface area contributed by atoms with Crippen LogP contribution in [-0.2, 0) is 4.79 Å². The fourth-order valence-corrected chi connectivity index (χ4v) is 0.916. The van der Waals surface area contributed by atoms with Gasteiger partial charge in [0.1, 0.15) is 5.75 Å². The van der Waals surface area contributed by atoms with Crippen LogP contribution in [0.2, 0.25) is 0 Å². The van der Waals surface area contributed by atoms with Crippen LogP contribution in [0.15, 0.2) is 35.8 Å². The van der Waals surface area contributed by atoms with E-state index in [1.54, 1.807) is 24.3 Å². The highest BCUT2D eigenvalue weighted by Crippen LogP contribution is 2.16. The Morgan fingerprint density at radius 2 is 2.08 bits per heavy atom. The maximum atomic E-state index is 9.82. The van der Waals surface area contributed by atoms with Crippen LogP contribution in [0.1, 0.15) is 5.56 Å². The molecule has 1 rings (SSSR count). The van der Waals surface area contributed by atoms with Crippen molar-refractivity contribution in [2.24, 2.45) is 4.99 Å². The quantitative estimate of drug-likeness (QED) is 0.562. The Labute approximate surface area is 76.1 Å². The van der Waals surface area contributed by atoms with E-state index in [0.29, 0.717) is 0 Å². The summed E-state index contributed by atoms with van der Waals surface area (Å²) in [5.74, 6) is 0.204. The van der Waals surface area contributed by atoms with E-state index >= 15 is 0 Å². The number of phenols is 1.